The quantitative estimate of drug-likeness (QED) is 0.419. The molecule has 174 valence electrons. The summed E-state index contributed by atoms with van der Waals surface area (Å²) in [7, 11) is -2.26. The summed E-state index contributed by atoms with van der Waals surface area (Å²) in [6.45, 7) is 0.188. The molecule has 0 radical (unpaired) electrons. The number of ether oxygens (including phenoxy) is 2. The highest BCUT2D eigenvalue weighted by atomic mass is 35.5. The SMILES string of the molecule is COc1ccc(CCNC(=O)COc2ccc(S(=O)(=O)Nc3ccc(Cl)cc3)cc2Cl)cc1. The van der Waals surface area contributed by atoms with E-state index in [2.05, 4.69) is 10.0 Å². The van der Waals surface area contributed by atoms with Crippen molar-refractivity contribution >= 4 is 44.8 Å². The second kappa shape index (κ2) is 11.3. The molecular formula is C23H22Cl2N2O5S. The number of anilines is 1. The molecule has 3 aromatic rings. The molecule has 0 aliphatic heterocycles. The molecule has 2 N–H and O–H groups in total. The van der Waals surface area contributed by atoms with Gasteiger partial charge in [-0.25, -0.2) is 8.42 Å². The van der Waals surface area contributed by atoms with E-state index in [1.165, 1.54) is 18.2 Å². The Kier molecular flexibility index (Phi) is 8.43. The number of methoxy groups -OCH3 is 1. The maximum Gasteiger partial charge on any atom is 0.261 e. The van der Waals surface area contributed by atoms with E-state index in [9.17, 15) is 13.2 Å². The number of sulfonamides is 1. The average Bonchev–Trinajstić information content (AvgIpc) is 2.80. The zero-order valence-corrected chi connectivity index (χ0v) is 20.0. The van der Waals surface area contributed by atoms with Gasteiger partial charge in [-0.15, -0.1) is 0 Å². The third kappa shape index (κ3) is 7.28. The Morgan fingerprint density at radius 3 is 2.30 bits per heavy atom. The number of nitrogens with one attached hydrogen (secondary N) is 2. The third-order valence-corrected chi connectivity index (χ3v) is 6.49. The number of hydrogen-bond donors (Lipinski definition) is 2. The molecule has 0 atom stereocenters. The lowest BCUT2D eigenvalue weighted by Gasteiger charge is -2.12. The van der Waals surface area contributed by atoms with Gasteiger partial charge in [-0.2, -0.15) is 0 Å². The number of carbonyl (C=O) groups excluding carboxylic acids is 1. The molecule has 7 nitrogen and oxygen atoms in total. The molecule has 1 amide bonds. The summed E-state index contributed by atoms with van der Waals surface area (Å²) in [5.74, 6) is 0.653. The number of benzene rings is 3. The summed E-state index contributed by atoms with van der Waals surface area (Å²) in [6, 6.07) is 17.8. The first kappa shape index (κ1) is 24.7. The number of halogens is 2. The van der Waals surface area contributed by atoms with E-state index in [1.54, 1.807) is 31.4 Å². The van der Waals surface area contributed by atoms with Crippen LogP contribution in [-0.2, 0) is 21.2 Å². The molecule has 0 spiro atoms. The van der Waals surface area contributed by atoms with E-state index in [1.807, 2.05) is 24.3 Å². The first-order chi connectivity index (χ1) is 15.8. The predicted molar refractivity (Wildman–Crippen MR) is 129 cm³/mol. The molecule has 0 aliphatic rings. The Balaban J connectivity index is 1.50. The number of amides is 1. The lowest BCUT2D eigenvalue weighted by atomic mass is 10.1. The molecule has 33 heavy (non-hydrogen) atoms. The van der Waals surface area contributed by atoms with Crippen molar-refractivity contribution in [3.8, 4) is 11.5 Å². The van der Waals surface area contributed by atoms with Crippen molar-refractivity contribution < 1.29 is 22.7 Å². The van der Waals surface area contributed by atoms with E-state index < -0.39 is 10.0 Å². The number of rotatable bonds is 10. The van der Waals surface area contributed by atoms with Gasteiger partial charge in [0.05, 0.1) is 17.0 Å². The molecule has 0 heterocycles. The summed E-state index contributed by atoms with van der Waals surface area (Å²) in [6.07, 6.45) is 0.656. The van der Waals surface area contributed by atoms with E-state index in [0.29, 0.717) is 23.7 Å². The molecule has 3 rings (SSSR count). The molecule has 0 aromatic heterocycles. The Hall–Kier alpha value is -2.94. The van der Waals surface area contributed by atoms with E-state index >= 15 is 0 Å². The van der Waals surface area contributed by atoms with Crippen molar-refractivity contribution in [1.82, 2.24) is 5.32 Å². The summed E-state index contributed by atoms with van der Waals surface area (Å²) in [4.78, 5) is 12.0. The van der Waals surface area contributed by atoms with Gasteiger partial charge in [-0.3, -0.25) is 9.52 Å². The van der Waals surface area contributed by atoms with Gasteiger partial charge in [0.15, 0.2) is 6.61 Å². The first-order valence-electron chi connectivity index (χ1n) is 9.87. The smallest absolute Gasteiger partial charge is 0.261 e. The number of carbonyl (C=O) groups is 1. The molecule has 0 aliphatic carbocycles. The minimum absolute atomic E-state index is 0.0428. The van der Waals surface area contributed by atoms with Gasteiger partial charge in [0.25, 0.3) is 15.9 Å². The minimum atomic E-state index is -3.86. The monoisotopic (exact) mass is 508 g/mol. The van der Waals surface area contributed by atoms with Crippen molar-refractivity contribution in [3.05, 3.63) is 82.3 Å². The molecule has 0 unspecified atom stereocenters. The van der Waals surface area contributed by atoms with Gasteiger partial charge in [0, 0.05) is 17.3 Å². The second-order valence-electron chi connectivity index (χ2n) is 6.94. The Morgan fingerprint density at radius 1 is 0.970 bits per heavy atom. The van der Waals surface area contributed by atoms with Crippen LogP contribution >= 0.6 is 23.2 Å². The summed E-state index contributed by atoms with van der Waals surface area (Å²) in [5.41, 5.74) is 1.42. The van der Waals surface area contributed by atoms with E-state index in [-0.39, 0.29) is 28.2 Å². The van der Waals surface area contributed by atoms with Crippen molar-refractivity contribution in [1.29, 1.82) is 0 Å². The lowest BCUT2D eigenvalue weighted by molar-refractivity contribution is -0.123. The fraction of sp³-hybridized carbons (Fsp3) is 0.174. The fourth-order valence-electron chi connectivity index (χ4n) is 2.83. The molecule has 0 saturated heterocycles. The largest absolute Gasteiger partial charge is 0.497 e. The molecule has 0 bridgehead atoms. The zero-order chi connectivity index (χ0) is 23.8. The molecule has 0 fully saturated rings. The van der Waals surface area contributed by atoms with E-state index in [4.69, 9.17) is 32.7 Å². The van der Waals surface area contributed by atoms with Crippen molar-refractivity contribution in [2.45, 2.75) is 11.3 Å². The minimum Gasteiger partial charge on any atom is -0.497 e. The maximum absolute atomic E-state index is 12.6. The van der Waals surface area contributed by atoms with Gasteiger partial charge < -0.3 is 14.8 Å². The van der Waals surface area contributed by atoms with Crippen LogP contribution in [0.3, 0.4) is 0 Å². The highest BCUT2D eigenvalue weighted by Crippen LogP contribution is 2.28. The standard InChI is InChI=1S/C23H22Cl2N2O5S/c1-31-19-8-2-16(3-9-19)12-13-26-23(28)15-32-22-11-10-20(14-21(22)25)33(29,30)27-18-6-4-17(24)5-7-18/h2-11,14,27H,12-13,15H2,1H3,(H,26,28). The van der Waals surface area contributed by atoms with Crippen LogP contribution in [0.2, 0.25) is 10.0 Å². The topological polar surface area (TPSA) is 93.7 Å². The average molecular weight is 509 g/mol. The van der Waals surface area contributed by atoms with Gasteiger partial charge in [-0.05, 0) is 66.6 Å². The molecule has 10 heteroatoms. The van der Waals surface area contributed by atoms with Crippen LogP contribution in [0.15, 0.2) is 71.6 Å². The molecule has 3 aromatic carbocycles. The van der Waals surface area contributed by atoms with Crippen molar-refractivity contribution in [2.75, 3.05) is 25.0 Å². The summed E-state index contributed by atoms with van der Waals surface area (Å²) in [5, 5.41) is 3.33. The fourth-order valence-corrected chi connectivity index (χ4v) is 4.34. The van der Waals surface area contributed by atoms with Gasteiger partial charge in [0.2, 0.25) is 0 Å². The summed E-state index contributed by atoms with van der Waals surface area (Å²) >= 11 is 12.0. The molecule has 0 saturated carbocycles. The third-order valence-electron chi connectivity index (χ3n) is 4.56. The van der Waals surface area contributed by atoms with Crippen molar-refractivity contribution in [3.63, 3.8) is 0 Å². The Bertz CT molecular complexity index is 1200. The van der Waals surface area contributed by atoms with E-state index in [0.717, 1.165) is 11.3 Å². The highest BCUT2D eigenvalue weighted by molar-refractivity contribution is 7.92. The zero-order valence-electron chi connectivity index (χ0n) is 17.7. The van der Waals surface area contributed by atoms with Crippen molar-refractivity contribution in [2.24, 2.45) is 0 Å². The first-order valence-corrected chi connectivity index (χ1v) is 12.1. The van der Waals surface area contributed by atoms with Gasteiger partial charge in [0.1, 0.15) is 11.5 Å². The van der Waals surface area contributed by atoms with Gasteiger partial charge in [-0.1, -0.05) is 35.3 Å². The Morgan fingerprint density at radius 2 is 1.67 bits per heavy atom. The lowest BCUT2D eigenvalue weighted by Crippen LogP contribution is -2.30. The normalized spacial score (nSPS) is 11.0. The Labute approximate surface area is 202 Å². The van der Waals surface area contributed by atoms with Gasteiger partial charge >= 0.3 is 0 Å². The highest BCUT2D eigenvalue weighted by Gasteiger charge is 2.17. The predicted octanol–water partition coefficient (Wildman–Crippen LogP) is 4.54. The van der Waals surface area contributed by atoms with Crippen LogP contribution < -0.4 is 19.5 Å². The van der Waals surface area contributed by atoms with Crippen LogP contribution in [0.25, 0.3) is 0 Å². The number of hydrogen-bond acceptors (Lipinski definition) is 5. The maximum atomic E-state index is 12.6. The van der Waals surface area contributed by atoms with Crippen LogP contribution in [0.5, 0.6) is 11.5 Å². The van der Waals surface area contributed by atoms with Crippen LogP contribution in [0.4, 0.5) is 5.69 Å². The van der Waals surface area contributed by atoms with Crippen LogP contribution in [-0.4, -0.2) is 34.6 Å². The summed E-state index contributed by atoms with van der Waals surface area (Å²) < 4.78 is 38.1. The second-order valence-corrected chi connectivity index (χ2v) is 9.47. The van der Waals surface area contributed by atoms with Crippen LogP contribution in [0, 0.1) is 0 Å². The molecular weight excluding hydrogens is 487 g/mol. The van der Waals surface area contributed by atoms with Crippen LogP contribution in [0.1, 0.15) is 5.56 Å².